The van der Waals surface area contributed by atoms with Gasteiger partial charge in [0.05, 0.1) is 6.61 Å². The number of hydrogen-bond acceptors (Lipinski definition) is 2. The van der Waals surface area contributed by atoms with Gasteiger partial charge in [-0.15, -0.1) is 0 Å². The van der Waals surface area contributed by atoms with Crippen LogP contribution in [0.4, 0.5) is 0 Å². The van der Waals surface area contributed by atoms with Crippen molar-refractivity contribution in [1.82, 2.24) is 5.32 Å². The summed E-state index contributed by atoms with van der Waals surface area (Å²) in [7, 11) is 0. The van der Waals surface area contributed by atoms with E-state index in [1.54, 1.807) is 0 Å². The van der Waals surface area contributed by atoms with Crippen molar-refractivity contribution in [2.24, 2.45) is 0 Å². The molecule has 0 fully saturated rings. The molecule has 3 heteroatoms. The Hall–Kier alpha value is -1.51. The molecule has 2 rings (SSSR count). The molecule has 2 aromatic rings. The van der Waals surface area contributed by atoms with Crippen LogP contribution < -0.4 is 10.1 Å². The first-order valence-corrected chi connectivity index (χ1v) is 8.28. The quantitative estimate of drug-likeness (QED) is 0.690. The fourth-order valence-electron chi connectivity index (χ4n) is 2.46. The summed E-state index contributed by atoms with van der Waals surface area (Å²) >= 11 is 6.17. The van der Waals surface area contributed by atoms with Crippen molar-refractivity contribution in [1.29, 1.82) is 0 Å². The van der Waals surface area contributed by atoms with Crippen LogP contribution in [0.3, 0.4) is 0 Å². The zero-order valence-electron chi connectivity index (χ0n) is 13.3. The summed E-state index contributed by atoms with van der Waals surface area (Å²) in [5.74, 6) is 0.935. The fourth-order valence-corrected chi connectivity index (χ4v) is 2.69. The third-order valence-electron chi connectivity index (χ3n) is 3.70. The molecule has 0 aromatic heterocycles. The molecule has 0 saturated carbocycles. The zero-order valence-corrected chi connectivity index (χ0v) is 14.1. The average Bonchev–Trinajstić information content (AvgIpc) is 2.53. The van der Waals surface area contributed by atoms with Crippen molar-refractivity contribution in [3.8, 4) is 5.75 Å². The summed E-state index contributed by atoms with van der Waals surface area (Å²) in [4.78, 5) is 0. The third kappa shape index (κ3) is 5.04. The minimum atomic E-state index is 0.312. The Kier molecular flexibility index (Phi) is 6.75. The highest BCUT2D eigenvalue weighted by Crippen LogP contribution is 2.20. The number of hydrogen-bond donors (Lipinski definition) is 1. The van der Waals surface area contributed by atoms with Crippen LogP contribution in [0.5, 0.6) is 5.75 Å². The van der Waals surface area contributed by atoms with E-state index in [1.165, 1.54) is 11.1 Å². The molecular formula is C19H24ClNO. The van der Waals surface area contributed by atoms with Crippen LogP contribution in [-0.4, -0.2) is 13.2 Å². The predicted molar refractivity (Wildman–Crippen MR) is 93.8 cm³/mol. The van der Waals surface area contributed by atoms with Gasteiger partial charge in [-0.1, -0.05) is 41.9 Å². The van der Waals surface area contributed by atoms with Crippen LogP contribution in [0, 0.1) is 0 Å². The van der Waals surface area contributed by atoms with Gasteiger partial charge in [-0.25, -0.2) is 0 Å². The lowest BCUT2D eigenvalue weighted by molar-refractivity contribution is 0.339. The maximum absolute atomic E-state index is 6.17. The van der Waals surface area contributed by atoms with Crippen molar-refractivity contribution >= 4 is 11.6 Å². The monoisotopic (exact) mass is 317 g/mol. The number of benzene rings is 2. The molecule has 0 radical (unpaired) electrons. The molecule has 22 heavy (non-hydrogen) atoms. The Morgan fingerprint density at radius 3 is 2.73 bits per heavy atom. The Morgan fingerprint density at radius 2 is 1.95 bits per heavy atom. The van der Waals surface area contributed by atoms with E-state index in [2.05, 4.69) is 30.4 Å². The highest BCUT2D eigenvalue weighted by atomic mass is 35.5. The highest BCUT2D eigenvalue weighted by Gasteiger charge is 2.06. The van der Waals surface area contributed by atoms with Gasteiger partial charge >= 0.3 is 0 Å². The van der Waals surface area contributed by atoms with Gasteiger partial charge in [-0.2, -0.15) is 0 Å². The summed E-state index contributed by atoms with van der Waals surface area (Å²) in [5.41, 5.74) is 2.47. The molecule has 0 aliphatic rings. The van der Waals surface area contributed by atoms with E-state index < -0.39 is 0 Å². The van der Waals surface area contributed by atoms with Crippen LogP contribution >= 0.6 is 11.6 Å². The van der Waals surface area contributed by atoms with E-state index in [9.17, 15) is 0 Å². The number of aryl methyl sites for hydroxylation is 1. The molecule has 118 valence electrons. The molecule has 0 spiro atoms. The maximum atomic E-state index is 6.17. The van der Waals surface area contributed by atoms with Gasteiger partial charge in [0.15, 0.2) is 0 Å². The van der Waals surface area contributed by atoms with Crippen LogP contribution in [0.1, 0.15) is 37.4 Å². The molecule has 0 aliphatic heterocycles. The van der Waals surface area contributed by atoms with Gasteiger partial charge in [-0.05, 0) is 62.6 Å². The lowest BCUT2D eigenvalue weighted by Crippen LogP contribution is -2.20. The normalized spacial score (nSPS) is 12.1. The average molecular weight is 318 g/mol. The Morgan fingerprint density at radius 1 is 1.14 bits per heavy atom. The van der Waals surface area contributed by atoms with E-state index in [0.717, 1.165) is 30.2 Å². The van der Waals surface area contributed by atoms with Gasteiger partial charge in [-0.3, -0.25) is 0 Å². The Bertz CT molecular complexity index is 585. The van der Waals surface area contributed by atoms with Gasteiger partial charge in [0.1, 0.15) is 5.75 Å². The van der Waals surface area contributed by atoms with E-state index in [-0.39, 0.29) is 0 Å². The van der Waals surface area contributed by atoms with Crippen LogP contribution in [0.2, 0.25) is 5.02 Å². The lowest BCUT2D eigenvalue weighted by atomic mass is 10.1. The first-order valence-electron chi connectivity index (χ1n) is 7.90. The van der Waals surface area contributed by atoms with Crippen molar-refractivity contribution in [3.63, 3.8) is 0 Å². The number of ether oxygens (including phenoxy) is 1. The van der Waals surface area contributed by atoms with Crippen LogP contribution in [0.15, 0.2) is 48.5 Å². The predicted octanol–water partition coefficient (Wildman–Crippen LogP) is 5.02. The molecule has 0 saturated heterocycles. The second kappa shape index (κ2) is 8.82. The molecule has 2 aromatic carbocycles. The minimum absolute atomic E-state index is 0.312. The first kappa shape index (κ1) is 16.9. The second-order valence-corrected chi connectivity index (χ2v) is 5.78. The van der Waals surface area contributed by atoms with E-state index in [4.69, 9.17) is 16.3 Å². The van der Waals surface area contributed by atoms with Crippen LogP contribution in [0.25, 0.3) is 0 Å². The zero-order chi connectivity index (χ0) is 15.8. The van der Waals surface area contributed by atoms with E-state index in [1.807, 2.05) is 37.3 Å². The smallest absolute Gasteiger partial charge is 0.119 e. The standard InChI is InChI=1S/C19H24ClNO/c1-3-22-18-11-6-9-17(14-18)15(2)21-13-7-10-16-8-4-5-12-19(16)20/h4-6,8-9,11-12,14-15,21H,3,7,10,13H2,1-2H3/t15-/m1/s1. The van der Waals surface area contributed by atoms with Crippen molar-refractivity contribution in [2.75, 3.05) is 13.2 Å². The lowest BCUT2D eigenvalue weighted by Gasteiger charge is -2.15. The Labute approximate surface area is 138 Å². The topological polar surface area (TPSA) is 21.3 Å². The van der Waals surface area contributed by atoms with E-state index >= 15 is 0 Å². The largest absolute Gasteiger partial charge is 0.494 e. The minimum Gasteiger partial charge on any atom is -0.494 e. The van der Waals surface area contributed by atoms with Crippen molar-refractivity contribution in [2.45, 2.75) is 32.7 Å². The molecule has 0 heterocycles. The molecule has 0 aliphatic carbocycles. The SMILES string of the molecule is CCOc1cccc([C@@H](C)NCCCc2ccccc2Cl)c1. The summed E-state index contributed by atoms with van der Waals surface area (Å²) in [6.07, 6.45) is 2.07. The second-order valence-electron chi connectivity index (χ2n) is 5.38. The molecule has 0 bridgehead atoms. The highest BCUT2D eigenvalue weighted by molar-refractivity contribution is 6.31. The number of nitrogens with one attached hydrogen (secondary N) is 1. The van der Waals surface area contributed by atoms with Crippen molar-refractivity contribution in [3.05, 3.63) is 64.7 Å². The van der Waals surface area contributed by atoms with E-state index in [0.29, 0.717) is 12.6 Å². The number of halogens is 1. The van der Waals surface area contributed by atoms with Gasteiger partial charge < -0.3 is 10.1 Å². The Balaban J connectivity index is 1.79. The van der Waals surface area contributed by atoms with Gasteiger partial charge in [0.2, 0.25) is 0 Å². The summed E-state index contributed by atoms with van der Waals surface area (Å²) < 4.78 is 5.55. The van der Waals surface area contributed by atoms with Crippen molar-refractivity contribution < 1.29 is 4.74 Å². The molecule has 0 amide bonds. The maximum Gasteiger partial charge on any atom is 0.119 e. The summed E-state index contributed by atoms with van der Waals surface area (Å²) in [5, 5.41) is 4.42. The van der Waals surface area contributed by atoms with Gasteiger partial charge in [0.25, 0.3) is 0 Å². The van der Waals surface area contributed by atoms with Crippen LogP contribution in [-0.2, 0) is 6.42 Å². The fraction of sp³-hybridized carbons (Fsp3) is 0.368. The first-order chi connectivity index (χ1) is 10.7. The third-order valence-corrected chi connectivity index (χ3v) is 4.07. The molecule has 2 nitrogen and oxygen atoms in total. The summed E-state index contributed by atoms with van der Waals surface area (Å²) in [6.45, 7) is 5.85. The summed E-state index contributed by atoms with van der Waals surface area (Å²) in [6, 6.07) is 16.6. The molecule has 1 N–H and O–H groups in total. The molecular weight excluding hydrogens is 294 g/mol. The van der Waals surface area contributed by atoms with Gasteiger partial charge in [0, 0.05) is 11.1 Å². The molecule has 1 atom stereocenters. The molecule has 0 unspecified atom stereocenters. The number of rotatable bonds is 8.